The molecule has 4 N–H and O–H groups in total. The highest BCUT2D eigenvalue weighted by molar-refractivity contribution is 5.69. The normalized spacial score (nSPS) is 14.1. The van der Waals surface area contributed by atoms with Crippen molar-refractivity contribution >= 4 is 11.7 Å². The van der Waals surface area contributed by atoms with Gasteiger partial charge in [0.2, 0.25) is 0 Å². The van der Waals surface area contributed by atoms with Crippen molar-refractivity contribution in [2.45, 2.75) is 32.5 Å². The van der Waals surface area contributed by atoms with Crippen LogP contribution in [0.4, 0.5) is 5.69 Å². The Morgan fingerprint density at radius 2 is 1.94 bits per heavy atom. The van der Waals surface area contributed by atoms with E-state index in [2.05, 4.69) is 4.74 Å². The van der Waals surface area contributed by atoms with Crippen LogP contribution in [-0.4, -0.2) is 29.4 Å². The highest BCUT2D eigenvalue weighted by Gasteiger charge is 2.23. The van der Waals surface area contributed by atoms with E-state index >= 15 is 0 Å². The lowest BCUT2D eigenvalue weighted by Gasteiger charge is -2.20. The van der Waals surface area contributed by atoms with Crippen molar-refractivity contribution in [1.82, 2.24) is 0 Å². The maximum Gasteiger partial charge on any atom is 0.308 e. The summed E-state index contributed by atoms with van der Waals surface area (Å²) in [4.78, 5) is 11.1. The molecule has 18 heavy (non-hydrogen) atoms. The summed E-state index contributed by atoms with van der Waals surface area (Å²) in [5, 5.41) is 19.8. The number of aryl methyl sites for hydroxylation is 2. The Morgan fingerprint density at radius 1 is 1.33 bits per heavy atom. The molecule has 0 radical (unpaired) electrons. The first-order valence-corrected chi connectivity index (χ1v) is 5.66. The van der Waals surface area contributed by atoms with Gasteiger partial charge < -0.3 is 20.7 Å². The molecule has 0 amide bonds. The Morgan fingerprint density at radius 3 is 2.50 bits per heavy atom. The number of hydrogen-bond donors (Lipinski definition) is 3. The largest absolute Gasteiger partial charge is 0.469 e. The molecule has 2 unspecified atom stereocenters. The third kappa shape index (κ3) is 3.21. The molecule has 5 nitrogen and oxygen atoms in total. The quantitative estimate of drug-likeness (QED) is 0.546. The second-order valence-electron chi connectivity index (χ2n) is 4.36. The Hall–Kier alpha value is -1.59. The summed E-state index contributed by atoms with van der Waals surface area (Å²) in [6.07, 6.45) is -2.58. The number of nitrogens with two attached hydrogens (primary N) is 1. The molecular weight excluding hydrogens is 234 g/mol. The first kappa shape index (κ1) is 14.5. The summed E-state index contributed by atoms with van der Waals surface area (Å²) >= 11 is 0. The Kier molecular flexibility index (Phi) is 4.69. The number of rotatable bonds is 4. The maximum absolute atomic E-state index is 11.1. The predicted octanol–water partition coefficient (Wildman–Crippen LogP) is 0.843. The zero-order valence-corrected chi connectivity index (χ0v) is 10.8. The average Bonchev–Trinajstić information content (AvgIpc) is 2.32. The van der Waals surface area contributed by atoms with Gasteiger partial charge in [0.1, 0.15) is 6.10 Å². The molecule has 0 fully saturated rings. The van der Waals surface area contributed by atoms with Crippen molar-refractivity contribution in [3.05, 3.63) is 28.8 Å². The summed E-state index contributed by atoms with van der Waals surface area (Å²) in [6.45, 7) is 3.61. The molecule has 5 heteroatoms. The van der Waals surface area contributed by atoms with E-state index in [9.17, 15) is 15.0 Å². The Labute approximate surface area is 106 Å². The van der Waals surface area contributed by atoms with Crippen LogP contribution in [0.15, 0.2) is 12.1 Å². The number of ether oxygens (including phenoxy) is 1. The van der Waals surface area contributed by atoms with Gasteiger partial charge in [0.15, 0.2) is 0 Å². The van der Waals surface area contributed by atoms with Crippen LogP contribution in [0.25, 0.3) is 0 Å². The van der Waals surface area contributed by atoms with Crippen molar-refractivity contribution in [3.8, 4) is 0 Å². The summed E-state index contributed by atoms with van der Waals surface area (Å²) in [5.74, 6) is -0.564. The van der Waals surface area contributed by atoms with Gasteiger partial charge in [0.05, 0.1) is 19.6 Å². The number of aliphatic hydroxyl groups excluding tert-OH is 2. The van der Waals surface area contributed by atoms with E-state index < -0.39 is 18.2 Å². The summed E-state index contributed by atoms with van der Waals surface area (Å²) in [6, 6.07) is 3.45. The molecule has 0 spiro atoms. The number of esters is 1. The second kappa shape index (κ2) is 5.84. The minimum Gasteiger partial charge on any atom is -0.469 e. The molecule has 1 rings (SSSR count). The number of aliphatic hydroxyl groups is 2. The van der Waals surface area contributed by atoms with Gasteiger partial charge in [-0.15, -0.1) is 0 Å². The van der Waals surface area contributed by atoms with E-state index in [1.807, 2.05) is 6.92 Å². The van der Waals surface area contributed by atoms with E-state index in [0.717, 1.165) is 11.1 Å². The topological polar surface area (TPSA) is 92.8 Å². The molecular formula is C13H19NO4. The first-order chi connectivity index (χ1) is 8.36. The minimum atomic E-state index is -1.20. The number of methoxy groups -OCH3 is 1. The molecule has 0 aromatic heterocycles. The minimum absolute atomic E-state index is 0.249. The highest BCUT2D eigenvalue weighted by Crippen LogP contribution is 2.26. The van der Waals surface area contributed by atoms with Crippen molar-refractivity contribution in [2.75, 3.05) is 12.8 Å². The molecule has 0 saturated heterocycles. The Balaban J connectivity index is 2.93. The van der Waals surface area contributed by atoms with E-state index in [1.165, 1.54) is 7.11 Å². The van der Waals surface area contributed by atoms with Gasteiger partial charge >= 0.3 is 5.97 Å². The van der Waals surface area contributed by atoms with Crippen molar-refractivity contribution < 1.29 is 19.7 Å². The van der Waals surface area contributed by atoms with Crippen LogP contribution in [-0.2, 0) is 9.53 Å². The van der Waals surface area contributed by atoms with Crippen LogP contribution in [0.5, 0.6) is 0 Å². The molecule has 1 aromatic carbocycles. The van der Waals surface area contributed by atoms with Gasteiger partial charge in [-0.25, -0.2) is 0 Å². The number of carbonyl (C=O) groups is 1. The monoisotopic (exact) mass is 253 g/mol. The number of carbonyl (C=O) groups excluding carboxylic acids is 1. The van der Waals surface area contributed by atoms with Gasteiger partial charge in [0, 0.05) is 5.69 Å². The fraction of sp³-hybridized carbons (Fsp3) is 0.462. The molecule has 0 aliphatic rings. The van der Waals surface area contributed by atoms with E-state index in [0.29, 0.717) is 11.3 Å². The maximum atomic E-state index is 11.1. The number of benzene rings is 1. The fourth-order valence-electron chi connectivity index (χ4n) is 1.75. The van der Waals surface area contributed by atoms with Crippen LogP contribution >= 0.6 is 0 Å². The van der Waals surface area contributed by atoms with E-state index in [-0.39, 0.29) is 6.42 Å². The van der Waals surface area contributed by atoms with Gasteiger partial charge in [-0.05, 0) is 36.6 Å². The van der Waals surface area contributed by atoms with Crippen LogP contribution in [0.1, 0.15) is 29.2 Å². The van der Waals surface area contributed by atoms with Gasteiger partial charge in [-0.1, -0.05) is 6.07 Å². The van der Waals surface area contributed by atoms with Crippen molar-refractivity contribution in [3.63, 3.8) is 0 Å². The molecule has 1 aromatic rings. The van der Waals surface area contributed by atoms with Crippen LogP contribution < -0.4 is 5.73 Å². The third-order valence-corrected chi connectivity index (χ3v) is 2.94. The second-order valence-corrected chi connectivity index (χ2v) is 4.36. The summed E-state index contributed by atoms with van der Waals surface area (Å²) in [5.41, 5.74) is 8.54. The lowest BCUT2D eigenvalue weighted by Crippen LogP contribution is -2.23. The fourth-order valence-corrected chi connectivity index (χ4v) is 1.75. The smallest absolute Gasteiger partial charge is 0.308 e. The predicted molar refractivity (Wildman–Crippen MR) is 67.9 cm³/mol. The molecule has 0 bridgehead atoms. The average molecular weight is 253 g/mol. The molecule has 0 aliphatic carbocycles. The van der Waals surface area contributed by atoms with Crippen LogP contribution in [0, 0.1) is 13.8 Å². The number of hydrogen-bond acceptors (Lipinski definition) is 5. The Bertz CT molecular complexity index is 445. The zero-order valence-electron chi connectivity index (χ0n) is 10.8. The first-order valence-electron chi connectivity index (χ1n) is 5.66. The molecule has 0 heterocycles. The number of nitrogen functional groups attached to an aromatic ring is 1. The highest BCUT2D eigenvalue weighted by atomic mass is 16.5. The lowest BCUT2D eigenvalue weighted by atomic mass is 9.95. The summed E-state index contributed by atoms with van der Waals surface area (Å²) in [7, 11) is 1.24. The van der Waals surface area contributed by atoms with Crippen molar-refractivity contribution in [1.29, 1.82) is 0 Å². The van der Waals surface area contributed by atoms with Crippen LogP contribution in [0.3, 0.4) is 0 Å². The molecule has 2 atom stereocenters. The van der Waals surface area contributed by atoms with E-state index in [1.54, 1.807) is 19.1 Å². The SMILES string of the molecule is COC(=O)CC(O)C(O)c1cc(C)c(N)cc1C. The van der Waals surface area contributed by atoms with Gasteiger partial charge in [-0.2, -0.15) is 0 Å². The number of anilines is 1. The molecule has 100 valence electrons. The van der Waals surface area contributed by atoms with Gasteiger partial charge in [0.25, 0.3) is 0 Å². The molecule has 0 saturated carbocycles. The summed E-state index contributed by atoms with van der Waals surface area (Å²) < 4.78 is 4.45. The van der Waals surface area contributed by atoms with Crippen molar-refractivity contribution in [2.24, 2.45) is 0 Å². The molecule has 0 aliphatic heterocycles. The lowest BCUT2D eigenvalue weighted by molar-refractivity contribution is -0.144. The van der Waals surface area contributed by atoms with E-state index in [4.69, 9.17) is 5.73 Å². The third-order valence-electron chi connectivity index (χ3n) is 2.94. The van der Waals surface area contributed by atoms with Crippen LogP contribution in [0.2, 0.25) is 0 Å². The standard InChI is InChI=1S/C13H19NO4/c1-7-5-10(14)8(2)4-9(7)13(17)11(15)6-12(16)18-3/h4-5,11,13,15,17H,6,14H2,1-3H3. The van der Waals surface area contributed by atoms with Gasteiger partial charge in [-0.3, -0.25) is 4.79 Å². The zero-order chi connectivity index (χ0) is 13.9.